The molecular weight excluding hydrogens is 638 g/mol. The molecule has 1 fully saturated rings. The number of hydrogen-bond donors (Lipinski definition) is 1. The summed E-state index contributed by atoms with van der Waals surface area (Å²) in [6.45, 7) is 4.42. The number of hydrogen-bond acceptors (Lipinski definition) is 6. The maximum absolute atomic E-state index is 15.0. The number of amidine groups is 1. The predicted octanol–water partition coefficient (Wildman–Crippen LogP) is 7.24. The lowest BCUT2D eigenvalue weighted by Gasteiger charge is -2.20. The van der Waals surface area contributed by atoms with Crippen molar-refractivity contribution in [3.63, 3.8) is 0 Å². The molecule has 0 bridgehead atoms. The third-order valence-corrected chi connectivity index (χ3v) is 7.64. The minimum absolute atomic E-state index is 0.0132. The highest BCUT2D eigenvalue weighted by atomic mass is 32.2. The second-order valence-electron chi connectivity index (χ2n) is 9.94. The van der Waals surface area contributed by atoms with Crippen molar-refractivity contribution >= 4 is 40.2 Å². The molecule has 1 saturated heterocycles. The van der Waals surface area contributed by atoms with E-state index in [-0.39, 0.29) is 46.2 Å². The maximum Gasteiger partial charge on any atom is 0.458 e. The Bertz CT molecular complexity index is 1810. The Morgan fingerprint density at radius 2 is 1.80 bits per heavy atom. The number of urea groups is 1. The van der Waals surface area contributed by atoms with Crippen LogP contribution in [0.15, 0.2) is 72.0 Å². The van der Waals surface area contributed by atoms with E-state index < -0.39 is 29.5 Å². The van der Waals surface area contributed by atoms with Crippen LogP contribution in [0.4, 0.5) is 42.5 Å². The van der Waals surface area contributed by atoms with Gasteiger partial charge in [0.15, 0.2) is 11.0 Å². The lowest BCUT2D eigenvalue weighted by molar-refractivity contribution is -0.289. The Labute approximate surface area is 262 Å². The highest BCUT2D eigenvalue weighted by molar-refractivity contribution is 8.15. The molecule has 5 rings (SSSR count). The first kappa shape index (κ1) is 32.7. The molecule has 1 N–H and O–H groups in total. The molecule has 0 saturated carbocycles. The number of nitrogens with one attached hydrogen (secondary N) is 1. The van der Waals surface area contributed by atoms with Crippen LogP contribution in [-0.4, -0.2) is 50.4 Å². The number of ether oxygens (including phenoxy) is 1. The molecule has 2 heterocycles. The Balaban J connectivity index is 1.31. The Morgan fingerprint density at radius 3 is 2.48 bits per heavy atom. The molecule has 4 aromatic rings. The number of carbonyl (C=O) groups excluding carboxylic acids is 2. The number of amides is 3. The summed E-state index contributed by atoms with van der Waals surface area (Å²) in [5.74, 6) is -6.09. The Morgan fingerprint density at radius 1 is 1.07 bits per heavy atom. The van der Waals surface area contributed by atoms with Crippen molar-refractivity contribution in [1.82, 2.24) is 14.8 Å². The molecule has 3 aromatic carbocycles. The van der Waals surface area contributed by atoms with Crippen molar-refractivity contribution in [3.8, 4) is 17.1 Å². The summed E-state index contributed by atoms with van der Waals surface area (Å²) >= 11 is 1.06. The fraction of sp³-hybridized carbons (Fsp3) is 0.233. The molecule has 0 radical (unpaired) electrons. The molecular formula is C30H24F6N6O3S. The first-order chi connectivity index (χ1) is 21.8. The average Bonchev–Trinajstić information content (AvgIpc) is 3.64. The smallest absolute Gasteiger partial charge is 0.377 e. The second kappa shape index (κ2) is 13.0. The van der Waals surface area contributed by atoms with Gasteiger partial charge in [-0.05, 0) is 55.8 Å². The largest absolute Gasteiger partial charge is 0.458 e. The van der Waals surface area contributed by atoms with E-state index in [9.17, 15) is 31.5 Å². The summed E-state index contributed by atoms with van der Waals surface area (Å²) in [6, 6.07) is 11.6. The van der Waals surface area contributed by atoms with Crippen LogP contribution >= 0.6 is 11.8 Å². The van der Waals surface area contributed by atoms with Gasteiger partial charge in [0.05, 0.1) is 29.4 Å². The summed E-state index contributed by atoms with van der Waals surface area (Å²) in [4.78, 5) is 35.0. The van der Waals surface area contributed by atoms with Crippen LogP contribution < -0.4 is 10.2 Å². The number of nitrogens with zero attached hydrogens (tertiary/aromatic N) is 5. The van der Waals surface area contributed by atoms with Gasteiger partial charge < -0.3 is 10.1 Å². The summed E-state index contributed by atoms with van der Waals surface area (Å²) in [5, 5.41) is 6.61. The van der Waals surface area contributed by atoms with Gasteiger partial charge in [-0.15, -0.1) is 5.10 Å². The number of aryl methyl sites for hydroxylation is 1. The van der Waals surface area contributed by atoms with E-state index in [1.165, 1.54) is 23.4 Å². The number of anilines is 2. The number of aliphatic imine (C=N–C) groups is 1. The topological polar surface area (TPSA) is 102 Å². The van der Waals surface area contributed by atoms with Gasteiger partial charge in [0.25, 0.3) is 0 Å². The number of aromatic nitrogens is 3. The van der Waals surface area contributed by atoms with Crippen molar-refractivity contribution in [1.29, 1.82) is 0 Å². The minimum Gasteiger partial charge on any atom is -0.377 e. The number of carbonyl (C=O) groups is 2. The highest BCUT2D eigenvalue weighted by Gasteiger charge is 2.58. The molecule has 1 aliphatic rings. The van der Waals surface area contributed by atoms with Crippen molar-refractivity contribution in [2.45, 2.75) is 32.6 Å². The number of benzene rings is 3. The Kier molecular flexibility index (Phi) is 9.21. The van der Waals surface area contributed by atoms with Crippen LogP contribution in [0, 0.1) is 12.7 Å². The number of thioether (sulfide) groups is 1. The van der Waals surface area contributed by atoms with Gasteiger partial charge in [0, 0.05) is 23.3 Å². The molecule has 3 amide bonds. The van der Waals surface area contributed by atoms with E-state index in [0.29, 0.717) is 24.4 Å². The Hall–Kier alpha value is -4.70. The van der Waals surface area contributed by atoms with Crippen LogP contribution in [0.25, 0.3) is 17.1 Å². The van der Waals surface area contributed by atoms with Gasteiger partial charge >= 0.3 is 18.1 Å². The molecule has 46 heavy (non-hydrogen) atoms. The van der Waals surface area contributed by atoms with E-state index >= 15 is 4.39 Å². The lowest BCUT2D eigenvalue weighted by atomic mass is 10.1. The standard InChI is InChI=1S/C30H24F6N6O3S/c1-3-45-14-19-5-4-17(2)12-24(19)42-25(43)15-46-28(42)39-27(44)38-23-11-6-18(13-22(23)31)26-37-16-41(40-26)21-9-7-20(8-10-21)29(32,33)30(34,35)36/h4-13,16H,3,14-15H2,1-2H3,(H,38,44). The van der Waals surface area contributed by atoms with E-state index in [2.05, 4.69) is 20.4 Å². The van der Waals surface area contributed by atoms with Crippen LogP contribution in [0.2, 0.25) is 0 Å². The molecule has 16 heteroatoms. The first-order valence-corrected chi connectivity index (χ1v) is 14.6. The number of rotatable bonds is 8. The molecule has 0 unspecified atom stereocenters. The van der Waals surface area contributed by atoms with Crippen LogP contribution in [0.3, 0.4) is 0 Å². The zero-order valence-electron chi connectivity index (χ0n) is 24.1. The summed E-state index contributed by atoms with van der Waals surface area (Å²) in [5.41, 5.74) is 1.02. The fourth-order valence-corrected chi connectivity index (χ4v) is 5.25. The van der Waals surface area contributed by atoms with Crippen molar-refractivity contribution in [2.24, 2.45) is 4.99 Å². The molecule has 0 aliphatic carbocycles. The number of halogens is 6. The number of alkyl halides is 5. The quantitative estimate of drug-likeness (QED) is 0.200. The third-order valence-electron chi connectivity index (χ3n) is 6.72. The second-order valence-corrected chi connectivity index (χ2v) is 10.9. The van der Waals surface area contributed by atoms with E-state index in [1.54, 1.807) is 6.07 Å². The normalized spacial score (nSPS) is 14.7. The molecule has 1 aromatic heterocycles. The highest BCUT2D eigenvalue weighted by Crippen LogP contribution is 2.44. The van der Waals surface area contributed by atoms with Gasteiger partial charge in [-0.3, -0.25) is 9.69 Å². The van der Waals surface area contributed by atoms with Gasteiger partial charge in [0.2, 0.25) is 5.91 Å². The first-order valence-electron chi connectivity index (χ1n) is 13.6. The van der Waals surface area contributed by atoms with Gasteiger partial charge in [0.1, 0.15) is 12.1 Å². The van der Waals surface area contributed by atoms with Crippen LogP contribution in [-0.2, 0) is 22.1 Å². The minimum atomic E-state index is -5.75. The summed E-state index contributed by atoms with van der Waals surface area (Å²) < 4.78 is 86.8. The SMILES string of the molecule is CCOCc1ccc(C)cc1N1C(=O)CSC1=NC(=O)Nc1ccc(-c2ncn(-c3ccc(C(F)(F)C(F)(F)F)cc3)n2)cc1F. The maximum atomic E-state index is 15.0. The van der Waals surface area contributed by atoms with Crippen LogP contribution in [0.5, 0.6) is 0 Å². The molecule has 0 atom stereocenters. The van der Waals surface area contributed by atoms with Crippen molar-refractivity contribution < 1.29 is 40.7 Å². The molecule has 240 valence electrons. The third kappa shape index (κ3) is 6.77. The molecule has 1 aliphatic heterocycles. The zero-order valence-corrected chi connectivity index (χ0v) is 24.9. The predicted molar refractivity (Wildman–Crippen MR) is 160 cm³/mol. The molecule has 0 spiro atoms. The fourth-order valence-electron chi connectivity index (χ4n) is 4.39. The zero-order chi connectivity index (χ0) is 33.2. The van der Waals surface area contributed by atoms with Crippen molar-refractivity contribution in [3.05, 3.63) is 89.5 Å². The average molecular weight is 663 g/mol. The van der Waals surface area contributed by atoms with E-state index in [1.807, 2.05) is 26.0 Å². The van der Waals surface area contributed by atoms with Crippen LogP contribution in [0.1, 0.15) is 23.6 Å². The lowest BCUT2D eigenvalue weighted by Crippen LogP contribution is -2.33. The van der Waals surface area contributed by atoms with Crippen molar-refractivity contribution in [2.75, 3.05) is 22.6 Å². The summed E-state index contributed by atoms with van der Waals surface area (Å²) in [7, 11) is 0. The van der Waals surface area contributed by atoms with Gasteiger partial charge in [-0.25, -0.2) is 18.9 Å². The van der Waals surface area contributed by atoms with E-state index in [4.69, 9.17) is 4.74 Å². The van der Waals surface area contributed by atoms with Gasteiger partial charge in [-0.1, -0.05) is 36.0 Å². The summed E-state index contributed by atoms with van der Waals surface area (Å²) in [6.07, 6.45) is -4.57. The monoisotopic (exact) mass is 662 g/mol. The van der Waals surface area contributed by atoms with E-state index in [0.717, 1.165) is 45.8 Å². The molecule has 9 nitrogen and oxygen atoms in total. The van der Waals surface area contributed by atoms with Gasteiger partial charge in [-0.2, -0.15) is 26.9 Å².